The molecular formula is C16H23F2NO2. The molecule has 1 aliphatic rings. The molecule has 0 aliphatic carbocycles. The molecular weight excluding hydrogens is 276 g/mol. The van der Waals surface area contributed by atoms with Crippen LogP contribution in [-0.4, -0.2) is 30.5 Å². The summed E-state index contributed by atoms with van der Waals surface area (Å²) in [6.07, 6.45) is 3.90. The number of hydrogen-bond acceptors (Lipinski definition) is 3. The molecule has 5 heteroatoms. The molecule has 3 N–H and O–H groups in total. The first-order chi connectivity index (χ1) is 10.1. The summed E-state index contributed by atoms with van der Waals surface area (Å²) >= 11 is 0. The van der Waals surface area contributed by atoms with Gasteiger partial charge in [-0.15, -0.1) is 0 Å². The lowest BCUT2D eigenvalue weighted by Gasteiger charge is -2.26. The number of benzene rings is 1. The van der Waals surface area contributed by atoms with Crippen LogP contribution in [0.25, 0.3) is 0 Å². The summed E-state index contributed by atoms with van der Waals surface area (Å²) in [5, 5.41) is 10.3. The van der Waals surface area contributed by atoms with Crippen molar-refractivity contribution in [2.45, 2.75) is 50.2 Å². The van der Waals surface area contributed by atoms with Crippen LogP contribution in [0.4, 0.5) is 8.78 Å². The number of aliphatic hydroxyl groups is 1. The number of rotatable bonds is 6. The molecule has 2 rings (SSSR count). The number of nitrogens with two attached hydrogens (primary N) is 1. The van der Waals surface area contributed by atoms with Crippen molar-refractivity contribution >= 4 is 0 Å². The average molecular weight is 299 g/mol. The molecule has 3 unspecified atom stereocenters. The van der Waals surface area contributed by atoms with Crippen LogP contribution in [0.2, 0.25) is 0 Å². The summed E-state index contributed by atoms with van der Waals surface area (Å²) in [4.78, 5) is 0. The Morgan fingerprint density at radius 2 is 2.14 bits per heavy atom. The maximum absolute atomic E-state index is 13.8. The van der Waals surface area contributed by atoms with E-state index in [2.05, 4.69) is 0 Å². The Morgan fingerprint density at radius 1 is 1.33 bits per heavy atom. The van der Waals surface area contributed by atoms with Crippen molar-refractivity contribution < 1.29 is 18.6 Å². The Hall–Kier alpha value is -1.04. The number of ether oxygens (including phenoxy) is 1. The van der Waals surface area contributed by atoms with Gasteiger partial charge in [0.05, 0.1) is 12.2 Å². The van der Waals surface area contributed by atoms with Crippen molar-refractivity contribution in [1.29, 1.82) is 0 Å². The molecule has 0 aromatic heterocycles. The SMILES string of the molecule is NCC(c1ccc(F)cc1F)C(O)CCC1CCCCO1. The van der Waals surface area contributed by atoms with Gasteiger partial charge in [0.1, 0.15) is 11.6 Å². The van der Waals surface area contributed by atoms with Crippen molar-refractivity contribution in [3.05, 3.63) is 35.4 Å². The molecule has 3 nitrogen and oxygen atoms in total. The molecule has 0 bridgehead atoms. The summed E-state index contributed by atoms with van der Waals surface area (Å²) in [6, 6.07) is 3.38. The first-order valence-electron chi connectivity index (χ1n) is 7.56. The number of hydrogen-bond donors (Lipinski definition) is 2. The predicted molar refractivity (Wildman–Crippen MR) is 77.0 cm³/mol. The highest BCUT2D eigenvalue weighted by Gasteiger charge is 2.24. The normalized spacial score (nSPS) is 22.0. The summed E-state index contributed by atoms with van der Waals surface area (Å²) in [5.74, 6) is -1.80. The van der Waals surface area contributed by atoms with E-state index in [1.165, 1.54) is 12.1 Å². The molecule has 0 saturated carbocycles. The van der Waals surface area contributed by atoms with Crippen molar-refractivity contribution in [2.24, 2.45) is 5.73 Å². The lowest BCUT2D eigenvalue weighted by Crippen LogP contribution is -2.29. The molecule has 1 heterocycles. The number of aliphatic hydroxyl groups excluding tert-OH is 1. The van der Waals surface area contributed by atoms with E-state index < -0.39 is 23.7 Å². The van der Waals surface area contributed by atoms with Gasteiger partial charge in [-0.3, -0.25) is 0 Å². The van der Waals surface area contributed by atoms with E-state index in [9.17, 15) is 13.9 Å². The molecule has 0 spiro atoms. The first kappa shape index (κ1) is 16.3. The zero-order valence-corrected chi connectivity index (χ0v) is 12.1. The lowest BCUT2D eigenvalue weighted by atomic mass is 9.89. The fourth-order valence-corrected chi connectivity index (χ4v) is 2.89. The number of halogens is 2. The second-order valence-corrected chi connectivity index (χ2v) is 5.64. The molecule has 1 saturated heterocycles. The average Bonchev–Trinajstić information content (AvgIpc) is 2.49. The van der Waals surface area contributed by atoms with E-state index in [1.807, 2.05) is 0 Å². The van der Waals surface area contributed by atoms with Gasteiger partial charge in [0, 0.05) is 25.1 Å². The van der Waals surface area contributed by atoms with E-state index in [-0.39, 0.29) is 18.2 Å². The predicted octanol–water partition coefficient (Wildman–Crippen LogP) is 2.72. The van der Waals surface area contributed by atoms with Crippen LogP contribution in [0.15, 0.2) is 18.2 Å². The molecule has 1 fully saturated rings. The summed E-state index contributed by atoms with van der Waals surface area (Å²) in [5.41, 5.74) is 5.94. The lowest BCUT2D eigenvalue weighted by molar-refractivity contribution is 0.000349. The second-order valence-electron chi connectivity index (χ2n) is 5.64. The first-order valence-corrected chi connectivity index (χ1v) is 7.56. The molecule has 21 heavy (non-hydrogen) atoms. The Morgan fingerprint density at radius 3 is 2.76 bits per heavy atom. The third kappa shape index (κ3) is 4.46. The van der Waals surface area contributed by atoms with Crippen LogP contribution in [-0.2, 0) is 4.74 Å². The van der Waals surface area contributed by atoms with Gasteiger partial charge in [0.2, 0.25) is 0 Å². The van der Waals surface area contributed by atoms with Gasteiger partial charge in [-0.1, -0.05) is 6.07 Å². The van der Waals surface area contributed by atoms with Crippen LogP contribution < -0.4 is 5.73 Å². The highest BCUT2D eigenvalue weighted by atomic mass is 19.1. The standard InChI is InChI=1S/C16H23F2NO2/c17-11-4-6-13(15(18)9-11)14(10-19)16(20)7-5-12-3-1-2-8-21-12/h4,6,9,12,14,16,20H,1-3,5,7-8,10,19H2. The zero-order valence-electron chi connectivity index (χ0n) is 12.1. The zero-order chi connectivity index (χ0) is 15.2. The third-order valence-corrected chi connectivity index (χ3v) is 4.14. The maximum atomic E-state index is 13.8. The second kappa shape index (κ2) is 7.82. The molecule has 1 aliphatic heterocycles. The van der Waals surface area contributed by atoms with Crippen LogP contribution in [0.1, 0.15) is 43.6 Å². The monoisotopic (exact) mass is 299 g/mol. The molecule has 1 aromatic carbocycles. The van der Waals surface area contributed by atoms with E-state index in [0.29, 0.717) is 6.42 Å². The van der Waals surface area contributed by atoms with E-state index in [1.54, 1.807) is 0 Å². The largest absolute Gasteiger partial charge is 0.392 e. The van der Waals surface area contributed by atoms with Gasteiger partial charge in [-0.05, 0) is 43.7 Å². The summed E-state index contributed by atoms with van der Waals surface area (Å²) < 4.78 is 32.4. The highest BCUT2D eigenvalue weighted by molar-refractivity contribution is 5.24. The van der Waals surface area contributed by atoms with Crippen molar-refractivity contribution in [2.75, 3.05) is 13.2 Å². The Bertz CT molecular complexity index is 450. The minimum atomic E-state index is -0.750. The Balaban J connectivity index is 1.95. The van der Waals surface area contributed by atoms with Gasteiger partial charge in [0.15, 0.2) is 0 Å². The molecule has 118 valence electrons. The third-order valence-electron chi connectivity index (χ3n) is 4.14. The summed E-state index contributed by atoms with van der Waals surface area (Å²) in [6.45, 7) is 0.892. The quantitative estimate of drug-likeness (QED) is 0.849. The summed E-state index contributed by atoms with van der Waals surface area (Å²) in [7, 11) is 0. The van der Waals surface area contributed by atoms with Gasteiger partial charge >= 0.3 is 0 Å². The van der Waals surface area contributed by atoms with Crippen LogP contribution in [0, 0.1) is 11.6 Å². The van der Waals surface area contributed by atoms with E-state index in [0.717, 1.165) is 38.4 Å². The van der Waals surface area contributed by atoms with Crippen molar-refractivity contribution in [3.8, 4) is 0 Å². The fraction of sp³-hybridized carbons (Fsp3) is 0.625. The van der Waals surface area contributed by atoms with Gasteiger partial charge in [-0.2, -0.15) is 0 Å². The topological polar surface area (TPSA) is 55.5 Å². The Kier molecular flexibility index (Phi) is 6.08. The molecule has 1 aromatic rings. The fourth-order valence-electron chi connectivity index (χ4n) is 2.89. The highest BCUT2D eigenvalue weighted by Crippen LogP contribution is 2.27. The maximum Gasteiger partial charge on any atom is 0.129 e. The minimum absolute atomic E-state index is 0.120. The molecule has 0 radical (unpaired) electrons. The van der Waals surface area contributed by atoms with Crippen LogP contribution in [0.3, 0.4) is 0 Å². The van der Waals surface area contributed by atoms with Gasteiger partial charge < -0.3 is 15.6 Å². The van der Waals surface area contributed by atoms with Gasteiger partial charge in [-0.25, -0.2) is 8.78 Å². The molecule has 3 atom stereocenters. The van der Waals surface area contributed by atoms with Crippen molar-refractivity contribution in [1.82, 2.24) is 0 Å². The van der Waals surface area contributed by atoms with E-state index in [4.69, 9.17) is 10.5 Å². The minimum Gasteiger partial charge on any atom is -0.392 e. The smallest absolute Gasteiger partial charge is 0.129 e. The van der Waals surface area contributed by atoms with E-state index >= 15 is 0 Å². The van der Waals surface area contributed by atoms with Crippen molar-refractivity contribution in [3.63, 3.8) is 0 Å². The van der Waals surface area contributed by atoms with Crippen LogP contribution in [0.5, 0.6) is 0 Å². The Labute approximate surface area is 124 Å². The van der Waals surface area contributed by atoms with Crippen LogP contribution >= 0.6 is 0 Å². The van der Waals surface area contributed by atoms with Gasteiger partial charge in [0.25, 0.3) is 0 Å². The molecule has 0 amide bonds.